The summed E-state index contributed by atoms with van der Waals surface area (Å²) in [4.78, 5) is 14.9. The second-order valence-corrected chi connectivity index (χ2v) is 10.9. The third-order valence-corrected chi connectivity index (χ3v) is 8.44. The molecule has 4 aromatic heterocycles. The Bertz CT molecular complexity index is 2420. The SMILES string of the molecule is c1ccc(-c2cc(-c3ccccc3)nc(-n3c4ccccc4c4ccc5c6ccccc6n(-c6ccncc6)c5c43)n2)cc1. The van der Waals surface area contributed by atoms with Crippen molar-refractivity contribution >= 4 is 43.6 Å². The zero-order valence-electron chi connectivity index (χ0n) is 23.7. The first-order valence-electron chi connectivity index (χ1n) is 14.7. The number of aromatic nitrogens is 5. The van der Waals surface area contributed by atoms with Crippen molar-refractivity contribution in [3.8, 4) is 34.2 Å². The van der Waals surface area contributed by atoms with E-state index in [1.54, 1.807) is 0 Å². The Morgan fingerprint density at radius 3 is 1.45 bits per heavy atom. The fourth-order valence-electron chi connectivity index (χ4n) is 6.52. The zero-order chi connectivity index (χ0) is 29.0. The second kappa shape index (κ2) is 9.75. The Morgan fingerprint density at radius 2 is 0.886 bits per heavy atom. The van der Waals surface area contributed by atoms with Crippen molar-refractivity contribution in [1.29, 1.82) is 0 Å². The number of fused-ring (bicyclic) bond motifs is 7. The van der Waals surface area contributed by atoms with Crippen LogP contribution >= 0.6 is 0 Å². The lowest BCUT2D eigenvalue weighted by atomic mass is 10.1. The maximum absolute atomic E-state index is 5.27. The molecule has 0 radical (unpaired) electrons. The van der Waals surface area contributed by atoms with Crippen LogP contribution in [0, 0.1) is 0 Å². The summed E-state index contributed by atoms with van der Waals surface area (Å²) >= 11 is 0. The first kappa shape index (κ1) is 24.5. The van der Waals surface area contributed by atoms with E-state index in [2.05, 4.69) is 142 Å². The molecule has 0 N–H and O–H groups in total. The number of hydrogen-bond acceptors (Lipinski definition) is 3. The van der Waals surface area contributed by atoms with E-state index in [1.165, 1.54) is 10.8 Å². The monoisotopic (exact) mass is 563 g/mol. The molecule has 0 aliphatic rings. The van der Waals surface area contributed by atoms with Crippen LogP contribution in [-0.2, 0) is 0 Å². The van der Waals surface area contributed by atoms with E-state index in [0.717, 1.165) is 61.0 Å². The van der Waals surface area contributed by atoms with E-state index in [9.17, 15) is 0 Å². The van der Waals surface area contributed by atoms with Gasteiger partial charge in [-0.05, 0) is 30.3 Å². The summed E-state index contributed by atoms with van der Waals surface area (Å²) < 4.78 is 4.60. The fourth-order valence-corrected chi connectivity index (χ4v) is 6.52. The number of para-hydroxylation sites is 2. The minimum Gasteiger partial charge on any atom is -0.307 e. The number of rotatable bonds is 4. The predicted octanol–water partition coefficient (Wildman–Crippen LogP) is 9.40. The van der Waals surface area contributed by atoms with Crippen molar-refractivity contribution in [2.24, 2.45) is 0 Å². The quantitative estimate of drug-likeness (QED) is 0.214. The van der Waals surface area contributed by atoms with Gasteiger partial charge in [-0.3, -0.25) is 9.55 Å². The Hall–Kier alpha value is -6.07. The smallest absolute Gasteiger partial charge is 0.235 e. The lowest BCUT2D eigenvalue weighted by Gasteiger charge is -2.13. The molecular weight excluding hydrogens is 538 g/mol. The summed E-state index contributed by atoms with van der Waals surface area (Å²) in [7, 11) is 0. The number of hydrogen-bond donors (Lipinski definition) is 0. The molecule has 0 aliphatic carbocycles. The van der Waals surface area contributed by atoms with Gasteiger partial charge in [-0.2, -0.15) is 0 Å². The Kier molecular flexibility index (Phi) is 5.43. The van der Waals surface area contributed by atoms with Gasteiger partial charge in [0.25, 0.3) is 0 Å². The van der Waals surface area contributed by atoms with E-state index in [-0.39, 0.29) is 0 Å². The van der Waals surface area contributed by atoms with Crippen LogP contribution in [0.25, 0.3) is 77.8 Å². The van der Waals surface area contributed by atoms with Crippen LogP contribution in [0.1, 0.15) is 0 Å². The lowest BCUT2D eigenvalue weighted by Crippen LogP contribution is -2.05. The number of benzene rings is 5. The van der Waals surface area contributed by atoms with Crippen molar-refractivity contribution in [1.82, 2.24) is 24.1 Å². The van der Waals surface area contributed by atoms with Gasteiger partial charge in [0.05, 0.1) is 33.5 Å². The molecule has 9 aromatic rings. The average molecular weight is 564 g/mol. The summed E-state index contributed by atoms with van der Waals surface area (Å²) in [5.41, 5.74) is 9.29. The van der Waals surface area contributed by atoms with E-state index in [1.807, 2.05) is 24.5 Å². The van der Waals surface area contributed by atoms with Gasteiger partial charge in [-0.15, -0.1) is 0 Å². The topological polar surface area (TPSA) is 48.5 Å². The van der Waals surface area contributed by atoms with Crippen LogP contribution < -0.4 is 0 Å². The van der Waals surface area contributed by atoms with Crippen LogP contribution in [0.2, 0.25) is 0 Å². The molecule has 0 spiro atoms. The summed E-state index contributed by atoms with van der Waals surface area (Å²) in [6.07, 6.45) is 3.70. The maximum atomic E-state index is 5.27. The summed E-state index contributed by atoms with van der Waals surface area (Å²) in [6, 6.07) is 48.6. The van der Waals surface area contributed by atoms with Crippen LogP contribution in [0.15, 0.2) is 152 Å². The van der Waals surface area contributed by atoms with Gasteiger partial charge in [-0.1, -0.05) is 109 Å². The van der Waals surface area contributed by atoms with E-state index < -0.39 is 0 Å². The minimum atomic E-state index is 0.635. The van der Waals surface area contributed by atoms with Crippen LogP contribution in [-0.4, -0.2) is 24.1 Å². The first-order valence-corrected chi connectivity index (χ1v) is 14.7. The van der Waals surface area contributed by atoms with Crippen LogP contribution in [0.5, 0.6) is 0 Å². The molecule has 0 bridgehead atoms. The molecule has 0 saturated heterocycles. The minimum absolute atomic E-state index is 0.635. The van der Waals surface area contributed by atoms with Gasteiger partial charge in [0.1, 0.15) is 0 Å². The van der Waals surface area contributed by atoms with E-state index in [0.29, 0.717) is 5.95 Å². The maximum Gasteiger partial charge on any atom is 0.235 e. The molecule has 44 heavy (non-hydrogen) atoms. The molecule has 0 unspecified atom stereocenters. The fraction of sp³-hybridized carbons (Fsp3) is 0. The van der Waals surface area contributed by atoms with Gasteiger partial charge in [-0.25, -0.2) is 9.97 Å². The van der Waals surface area contributed by atoms with E-state index >= 15 is 0 Å². The third-order valence-electron chi connectivity index (χ3n) is 8.44. The number of nitrogens with zero attached hydrogens (tertiary/aromatic N) is 5. The van der Waals surface area contributed by atoms with Gasteiger partial charge in [0, 0.05) is 50.8 Å². The predicted molar refractivity (Wildman–Crippen MR) is 179 cm³/mol. The van der Waals surface area contributed by atoms with Gasteiger partial charge in [0.15, 0.2) is 0 Å². The van der Waals surface area contributed by atoms with Gasteiger partial charge >= 0.3 is 0 Å². The van der Waals surface area contributed by atoms with Crippen molar-refractivity contribution < 1.29 is 0 Å². The molecule has 0 aliphatic heterocycles. The molecule has 9 rings (SSSR count). The molecule has 0 amide bonds. The normalized spacial score (nSPS) is 11.6. The molecule has 0 atom stereocenters. The van der Waals surface area contributed by atoms with Crippen molar-refractivity contribution in [3.63, 3.8) is 0 Å². The second-order valence-electron chi connectivity index (χ2n) is 10.9. The summed E-state index contributed by atoms with van der Waals surface area (Å²) in [5, 5.41) is 4.69. The molecular formula is C39H25N5. The van der Waals surface area contributed by atoms with Crippen LogP contribution in [0.3, 0.4) is 0 Å². The summed E-state index contributed by atoms with van der Waals surface area (Å²) in [5.74, 6) is 0.635. The van der Waals surface area contributed by atoms with Gasteiger partial charge < -0.3 is 4.57 Å². The van der Waals surface area contributed by atoms with E-state index in [4.69, 9.17) is 9.97 Å². The largest absolute Gasteiger partial charge is 0.307 e. The molecule has 0 saturated carbocycles. The Labute approximate surface area is 253 Å². The van der Waals surface area contributed by atoms with Crippen LogP contribution in [0.4, 0.5) is 0 Å². The summed E-state index contributed by atoms with van der Waals surface area (Å²) in [6.45, 7) is 0. The van der Waals surface area contributed by atoms with Crippen molar-refractivity contribution in [2.45, 2.75) is 0 Å². The molecule has 4 heterocycles. The van der Waals surface area contributed by atoms with Gasteiger partial charge in [0.2, 0.25) is 5.95 Å². The molecule has 5 heteroatoms. The molecule has 5 nitrogen and oxygen atoms in total. The highest BCUT2D eigenvalue weighted by Gasteiger charge is 2.22. The molecule has 0 fully saturated rings. The zero-order valence-corrected chi connectivity index (χ0v) is 23.7. The molecule has 5 aromatic carbocycles. The third kappa shape index (κ3) is 3.69. The average Bonchev–Trinajstić information content (AvgIpc) is 3.62. The Balaban J connectivity index is 1.48. The lowest BCUT2D eigenvalue weighted by molar-refractivity contribution is 0.995. The number of pyridine rings is 1. The van der Waals surface area contributed by atoms with Crippen molar-refractivity contribution in [2.75, 3.05) is 0 Å². The first-order chi connectivity index (χ1) is 21.8. The standard InChI is InChI=1S/C39H25N5/c1-3-11-26(12-4-1)33-25-34(27-13-5-2-6-14-27)42-39(41-33)44-36-18-10-8-16-30(36)32-20-19-31-29-15-7-9-17-35(29)43(37(31)38(32)44)28-21-23-40-24-22-28/h1-25H. The highest BCUT2D eigenvalue weighted by atomic mass is 15.2. The van der Waals surface area contributed by atoms with Crippen molar-refractivity contribution in [3.05, 3.63) is 152 Å². The highest BCUT2D eigenvalue weighted by molar-refractivity contribution is 6.23. The molecule has 206 valence electrons. The Morgan fingerprint density at radius 1 is 0.409 bits per heavy atom. The highest BCUT2D eigenvalue weighted by Crippen LogP contribution is 2.41.